The summed E-state index contributed by atoms with van der Waals surface area (Å²) in [4.78, 5) is 26.6. The highest BCUT2D eigenvalue weighted by Crippen LogP contribution is 2.45. The highest BCUT2D eigenvalue weighted by molar-refractivity contribution is 5.85. The number of carbonyl (C=O) groups excluding carboxylic acids is 2. The second-order valence-electron chi connectivity index (χ2n) is 6.16. The van der Waals surface area contributed by atoms with E-state index in [9.17, 15) is 9.59 Å². The first-order chi connectivity index (χ1) is 9.63. The first-order valence-electron chi connectivity index (χ1n) is 7.90. The van der Waals surface area contributed by atoms with Crippen LogP contribution in [-0.4, -0.2) is 42.9 Å². The van der Waals surface area contributed by atoms with Crippen molar-refractivity contribution in [1.29, 1.82) is 0 Å². The SMILES string of the molecule is CCC1(C(=O)N2CCCC(C(=O)NCCN)C2)CCC1. The normalized spacial score (nSPS) is 24.9. The number of hydrogen-bond donors (Lipinski definition) is 2. The summed E-state index contributed by atoms with van der Waals surface area (Å²) in [5.41, 5.74) is 5.29. The van der Waals surface area contributed by atoms with Crippen molar-refractivity contribution in [3.05, 3.63) is 0 Å². The highest BCUT2D eigenvalue weighted by Gasteiger charge is 2.45. The Morgan fingerprint density at radius 2 is 2.10 bits per heavy atom. The average Bonchev–Trinajstić information content (AvgIpc) is 2.44. The zero-order valence-corrected chi connectivity index (χ0v) is 12.5. The first-order valence-corrected chi connectivity index (χ1v) is 7.90. The molecule has 114 valence electrons. The largest absolute Gasteiger partial charge is 0.355 e. The molecule has 2 amide bonds. The molecule has 1 unspecified atom stereocenters. The van der Waals surface area contributed by atoms with Crippen LogP contribution in [0.2, 0.25) is 0 Å². The van der Waals surface area contributed by atoms with Gasteiger partial charge in [-0.25, -0.2) is 0 Å². The van der Waals surface area contributed by atoms with Gasteiger partial charge in [-0.3, -0.25) is 9.59 Å². The third-order valence-electron chi connectivity index (χ3n) is 4.96. The van der Waals surface area contributed by atoms with E-state index in [1.54, 1.807) is 0 Å². The van der Waals surface area contributed by atoms with Crippen molar-refractivity contribution < 1.29 is 9.59 Å². The molecule has 0 aromatic carbocycles. The summed E-state index contributed by atoms with van der Waals surface area (Å²) >= 11 is 0. The lowest BCUT2D eigenvalue weighted by Gasteiger charge is -2.45. The number of likely N-dealkylation sites (tertiary alicyclic amines) is 1. The lowest BCUT2D eigenvalue weighted by Crippen LogP contribution is -2.52. The van der Waals surface area contributed by atoms with Gasteiger partial charge in [-0.05, 0) is 32.1 Å². The molecule has 0 radical (unpaired) electrons. The summed E-state index contributed by atoms with van der Waals surface area (Å²) in [6.45, 7) is 4.47. The van der Waals surface area contributed by atoms with Gasteiger partial charge in [0.05, 0.1) is 5.92 Å². The maximum Gasteiger partial charge on any atom is 0.228 e. The van der Waals surface area contributed by atoms with Gasteiger partial charge in [0.25, 0.3) is 0 Å². The van der Waals surface area contributed by atoms with E-state index in [1.807, 2.05) is 4.90 Å². The van der Waals surface area contributed by atoms with Gasteiger partial charge < -0.3 is 16.0 Å². The molecule has 0 aromatic rings. The van der Waals surface area contributed by atoms with Crippen molar-refractivity contribution >= 4 is 11.8 Å². The molecule has 1 aliphatic carbocycles. The van der Waals surface area contributed by atoms with Gasteiger partial charge in [-0.2, -0.15) is 0 Å². The Morgan fingerprint density at radius 1 is 1.35 bits per heavy atom. The van der Waals surface area contributed by atoms with Gasteiger partial charge in [0.1, 0.15) is 0 Å². The smallest absolute Gasteiger partial charge is 0.228 e. The number of piperidine rings is 1. The quantitative estimate of drug-likeness (QED) is 0.785. The third-order valence-corrected chi connectivity index (χ3v) is 4.96. The highest BCUT2D eigenvalue weighted by atomic mass is 16.2. The van der Waals surface area contributed by atoms with Crippen molar-refractivity contribution in [1.82, 2.24) is 10.2 Å². The fraction of sp³-hybridized carbons (Fsp3) is 0.867. The molecule has 0 spiro atoms. The van der Waals surface area contributed by atoms with E-state index in [0.717, 1.165) is 45.1 Å². The Labute approximate surface area is 121 Å². The average molecular weight is 281 g/mol. The Hall–Kier alpha value is -1.10. The van der Waals surface area contributed by atoms with E-state index >= 15 is 0 Å². The number of carbonyl (C=O) groups is 2. The molecule has 3 N–H and O–H groups in total. The van der Waals surface area contributed by atoms with Gasteiger partial charge >= 0.3 is 0 Å². The Morgan fingerprint density at radius 3 is 2.65 bits per heavy atom. The maximum atomic E-state index is 12.7. The van der Waals surface area contributed by atoms with Crippen LogP contribution in [0.1, 0.15) is 45.4 Å². The van der Waals surface area contributed by atoms with Crippen molar-refractivity contribution in [2.24, 2.45) is 17.1 Å². The predicted molar refractivity (Wildman–Crippen MR) is 77.9 cm³/mol. The summed E-state index contributed by atoms with van der Waals surface area (Å²) in [5, 5.41) is 2.84. The van der Waals surface area contributed by atoms with Crippen LogP contribution in [0.5, 0.6) is 0 Å². The minimum absolute atomic E-state index is 0.0482. The van der Waals surface area contributed by atoms with E-state index in [0.29, 0.717) is 19.6 Å². The number of nitrogens with zero attached hydrogens (tertiary/aromatic N) is 1. The van der Waals surface area contributed by atoms with Crippen LogP contribution in [-0.2, 0) is 9.59 Å². The molecule has 1 heterocycles. The zero-order chi connectivity index (χ0) is 14.6. The van der Waals surface area contributed by atoms with Crippen LogP contribution in [0.25, 0.3) is 0 Å². The molecule has 20 heavy (non-hydrogen) atoms. The zero-order valence-electron chi connectivity index (χ0n) is 12.5. The number of nitrogens with two attached hydrogens (primary N) is 1. The summed E-state index contributed by atoms with van der Waals surface area (Å²) in [6.07, 6.45) is 5.91. The molecule has 2 aliphatic rings. The first kappa shape index (κ1) is 15.3. The molecule has 1 saturated heterocycles. The predicted octanol–water partition coefficient (Wildman–Crippen LogP) is 0.880. The van der Waals surface area contributed by atoms with Crippen LogP contribution < -0.4 is 11.1 Å². The van der Waals surface area contributed by atoms with E-state index in [1.165, 1.54) is 0 Å². The molecule has 2 rings (SSSR count). The number of nitrogens with one attached hydrogen (secondary N) is 1. The molecule has 0 aromatic heterocycles. The maximum absolute atomic E-state index is 12.7. The second kappa shape index (κ2) is 6.57. The summed E-state index contributed by atoms with van der Waals surface area (Å²) in [7, 11) is 0. The number of rotatable bonds is 5. The molecule has 5 nitrogen and oxygen atoms in total. The molecule has 5 heteroatoms. The standard InChI is InChI=1S/C15H27N3O2/c1-2-15(6-4-7-15)14(20)18-10-3-5-12(11-18)13(19)17-9-8-16/h12H,2-11,16H2,1H3,(H,17,19). The van der Waals surface area contributed by atoms with Crippen LogP contribution in [0.15, 0.2) is 0 Å². The van der Waals surface area contributed by atoms with Crippen LogP contribution in [0.3, 0.4) is 0 Å². The van der Waals surface area contributed by atoms with Crippen molar-refractivity contribution in [3.8, 4) is 0 Å². The Kier molecular flexibility index (Phi) is 5.02. The molecular formula is C15H27N3O2. The van der Waals surface area contributed by atoms with Gasteiger partial charge in [0, 0.05) is 31.6 Å². The van der Waals surface area contributed by atoms with Gasteiger partial charge in [-0.1, -0.05) is 13.3 Å². The lowest BCUT2D eigenvalue weighted by atomic mass is 9.66. The summed E-state index contributed by atoms with van der Waals surface area (Å²) in [6, 6.07) is 0. The topological polar surface area (TPSA) is 75.4 Å². The van der Waals surface area contributed by atoms with Crippen molar-refractivity contribution in [3.63, 3.8) is 0 Å². The monoisotopic (exact) mass is 281 g/mol. The van der Waals surface area contributed by atoms with Crippen LogP contribution in [0.4, 0.5) is 0 Å². The molecule has 2 fully saturated rings. The van der Waals surface area contributed by atoms with Crippen LogP contribution >= 0.6 is 0 Å². The van der Waals surface area contributed by atoms with Gasteiger partial charge in [-0.15, -0.1) is 0 Å². The van der Waals surface area contributed by atoms with Gasteiger partial charge in [0.15, 0.2) is 0 Å². The molecule has 1 atom stereocenters. The number of amides is 2. The second-order valence-corrected chi connectivity index (χ2v) is 6.16. The third kappa shape index (κ3) is 2.97. The van der Waals surface area contributed by atoms with E-state index < -0.39 is 0 Å². The number of hydrogen-bond acceptors (Lipinski definition) is 3. The Balaban J connectivity index is 1.93. The fourth-order valence-electron chi connectivity index (χ4n) is 3.37. The van der Waals surface area contributed by atoms with E-state index in [-0.39, 0.29) is 23.1 Å². The molecule has 1 saturated carbocycles. The molecule has 0 bridgehead atoms. The Bertz CT molecular complexity index is 361. The van der Waals surface area contributed by atoms with E-state index in [2.05, 4.69) is 12.2 Å². The van der Waals surface area contributed by atoms with E-state index in [4.69, 9.17) is 5.73 Å². The molecule has 1 aliphatic heterocycles. The van der Waals surface area contributed by atoms with Crippen molar-refractivity contribution in [2.45, 2.75) is 45.4 Å². The van der Waals surface area contributed by atoms with Gasteiger partial charge in [0.2, 0.25) is 11.8 Å². The summed E-state index contributed by atoms with van der Waals surface area (Å²) in [5.74, 6) is 0.267. The fourth-order valence-corrected chi connectivity index (χ4v) is 3.37. The van der Waals surface area contributed by atoms with Crippen LogP contribution in [0, 0.1) is 11.3 Å². The van der Waals surface area contributed by atoms with Crippen molar-refractivity contribution in [2.75, 3.05) is 26.2 Å². The molecular weight excluding hydrogens is 254 g/mol. The minimum atomic E-state index is -0.115. The lowest BCUT2D eigenvalue weighted by molar-refractivity contribution is -0.150. The minimum Gasteiger partial charge on any atom is -0.355 e. The summed E-state index contributed by atoms with van der Waals surface area (Å²) < 4.78 is 0.